The van der Waals surface area contributed by atoms with Gasteiger partial charge in [0.15, 0.2) is 0 Å². The summed E-state index contributed by atoms with van der Waals surface area (Å²) in [6.07, 6.45) is 7.09. The number of aryl methyl sites for hydroxylation is 1. The van der Waals surface area contributed by atoms with Crippen LogP contribution in [-0.4, -0.2) is 24.2 Å². The Morgan fingerprint density at radius 2 is 1.81 bits per heavy atom. The van der Waals surface area contributed by atoms with Crippen LogP contribution in [0.15, 0.2) is 30.3 Å². The van der Waals surface area contributed by atoms with Crippen LogP contribution in [0.5, 0.6) is 0 Å². The van der Waals surface area contributed by atoms with Gasteiger partial charge in [-0.1, -0.05) is 43.2 Å². The van der Waals surface area contributed by atoms with E-state index >= 15 is 0 Å². The predicted octanol–water partition coefficient (Wildman–Crippen LogP) is 3.76. The zero-order chi connectivity index (χ0) is 15.2. The van der Waals surface area contributed by atoms with Gasteiger partial charge in [0.1, 0.15) is 0 Å². The summed E-state index contributed by atoms with van der Waals surface area (Å²) < 4.78 is 5.62. The molecule has 2 N–H and O–H groups in total. The van der Waals surface area contributed by atoms with E-state index in [4.69, 9.17) is 10.5 Å². The van der Waals surface area contributed by atoms with Crippen LogP contribution >= 0.6 is 11.8 Å². The SMILES string of the molecule is NC(=O)CCCCCCSCOCCCc1ccccc1. The Bertz CT molecular complexity index is 370. The van der Waals surface area contributed by atoms with E-state index in [1.807, 2.05) is 17.8 Å². The van der Waals surface area contributed by atoms with E-state index in [0.29, 0.717) is 6.42 Å². The fourth-order valence-corrected chi connectivity index (χ4v) is 2.82. The molecule has 3 nitrogen and oxygen atoms in total. The molecule has 0 saturated heterocycles. The number of hydrogen-bond acceptors (Lipinski definition) is 3. The lowest BCUT2D eigenvalue weighted by molar-refractivity contribution is -0.118. The quantitative estimate of drug-likeness (QED) is 0.446. The Balaban J connectivity index is 1.78. The number of benzene rings is 1. The molecule has 0 saturated carbocycles. The van der Waals surface area contributed by atoms with E-state index in [-0.39, 0.29) is 5.91 Å². The van der Waals surface area contributed by atoms with Crippen LogP contribution in [0.3, 0.4) is 0 Å². The summed E-state index contributed by atoms with van der Waals surface area (Å²) in [4.78, 5) is 10.6. The van der Waals surface area contributed by atoms with Crippen LogP contribution in [0.1, 0.15) is 44.1 Å². The number of carbonyl (C=O) groups is 1. The second kappa shape index (κ2) is 12.7. The smallest absolute Gasteiger partial charge is 0.217 e. The minimum absolute atomic E-state index is 0.187. The fraction of sp³-hybridized carbons (Fsp3) is 0.588. The van der Waals surface area contributed by atoms with Crippen molar-refractivity contribution in [2.24, 2.45) is 5.73 Å². The summed E-state index contributed by atoms with van der Waals surface area (Å²) in [7, 11) is 0. The van der Waals surface area contributed by atoms with Crippen LogP contribution in [0.2, 0.25) is 0 Å². The number of carbonyl (C=O) groups excluding carboxylic acids is 1. The molecular weight excluding hydrogens is 282 g/mol. The van der Waals surface area contributed by atoms with Gasteiger partial charge in [0.25, 0.3) is 0 Å². The van der Waals surface area contributed by atoms with Gasteiger partial charge in [-0.3, -0.25) is 4.79 Å². The third-order valence-corrected chi connectivity index (χ3v) is 4.14. The molecule has 0 aliphatic carbocycles. The molecule has 0 aliphatic heterocycles. The number of hydrogen-bond donors (Lipinski definition) is 1. The number of nitrogens with two attached hydrogens (primary N) is 1. The van der Waals surface area contributed by atoms with Crippen molar-refractivity contribution in [3.63, 3.8) is 0 Å². The topological polar surface area (TPSA) is 52.3 Å². The van der Waals surface area contributed by atoms with Crippen molar-refractivity contribution < 1.29 is 9.53 Å². The highest BCUT2D eigenvalue weighted by Crippen LogP contribution is 2.09. The van der Waals surface area contributed by atoms with E-state index < -0.39 is 0 Å². The summed E-state index contributed by atoms with van der Waals surface area (Å²) >= 11 is 1.85. The second-order valence-electron chi connectivity index (χ2n) is 5.15. The summed E-state index contributed by atoms with van der Waals surface area (Å²) in [6.45, 7) is 0.834. The highest BCUT2D eigenvalue weighted by atomic mass is 32.2. The Morgan fingerprint density at radius 3 is 2.57 bits per heavy atom. The molecule has 0 spiro atoms. The molecule has 0 bridgehead atoms. The average Bonchev–Trinajstić information content (AvgIpc) is 2.49. The van der Waals surface area contributed by atoms with Crippen LogP contribution < -0.4 is 5.73 Å². The normalized spacial score (nSPS) is 10.7. The molecular formula is C17H27NO2S. The molecule has 21 heavy (non-hydrogen) atoms. The first kappa shape index (κ1) is 18.1. The summed E-state index contributed by atoms with van der Waals surface area (Å²) in [5.41, 5.74) is 6.47. The number of primary amides is 1. The number of unbranched alkanes of at least 4 members (excludes halogenated alkanes) is 3. The summed E-state index contributed by atoms with van der Waals surface area (Å²) in [5.74, 6) is 1.74. The molecule has 0 aliphatic rings. The summed E-state index contributed by atoms with van der Waals surface area (Å²) in [6, 6.07) is 10.5. The Hall–Kier alpha value is -1.00. The maximum Gasteiger partial charge on any atom is 0.217 e. The van der Waals surface area contributed by atoms with Gasteiger partial charge in [0, 0.05) is 13.0 Å². The molecule has 0 atom stereocenters. The summed E-state index contributed by atoms with van der Waals surface area (Å²) in [5, 5.41) is 0. The molecule has 0 unspecified atom stereocenters. The molecule has 1 aromatic rings. The minimum Gasteiger partial charge on any atom is -0.371 e. The highest BCUT2D eigenvalue weighted by molar-refractivity contribution is 7.99. The Labute approximate surface area is 132 Å². The second-order valence-corrected chi connectivity index (χ2v) is 6.21. The van der Waals surface area contributed by atoms with Gasteiger partial charge in [-0.05, 0) is 37.0 Å². The predicted molar refractivity (Wildman–Crippen MR) is 90.3 cm³/mol. The van der Waals surface area contributed by atoms with Gasteiger partial charge >= 0.3 is 0 Å². The third kappa shape index (κ3) is 11.3. The number of amides is 1. The van der Waals surface area contributed by atoms with Crippen molar-refractivity contribution in [1.29, 1.82) is 0 Å². The van der Waals surface area contributed by atoms with E-state index in [0.717, 1.165) is 44.0 Å². The molecule has 118 valence electrons. The van der Waals surface area contributed by atoms with Gasteiger partial charge in [-0.2, -0.15) is 0 Å². The van der Waals surface area contributed by atoms with E-state index in [9.17, 15) is 4.79 Å². The van der Waals surface area contributed by atoms with Gasteiger partial charge in [0.2, 0.25) is 5.91 Å². The zero-order valence-electron chi connectivity index (χ0n) is 12.8. The molecule has 0 fully saturated rings. The highest BCUT2D eigenvalue weighted by Gasteiger charge is 1.96. The van der Waals surface area contributed by atoms with Gasteiger partial charge < -0.3 is 10.5 Å². The van der Waals surface area contributed by atoms with E-state index in [1.165, 1.54) is 18.4 Å². The number of ether oxygens (including phenoxy) is 1. The molecule has 1 aromatic carbocycles. The Morgan fingerprint density at radius 1 is 1.05 bits per heavy atom. The molecule has 1 rings (SSSR count). The van der Waals surface area contributed by atoms with Gasteiger partial charge in [0.05, 0.1) is 5.94 Å². The molecule has 0 radical (unpaired) electrons. The molecule has 0 heterocycles. The van der Waals surface area contributed by atoms with Crippen molar-refractivity contribution in [1.82, 2.24) is 0 Å². The average molecular weight is 309 g/mol. The van der Waals surface area contributed by atoms with Crippen molar-refractivity contribution in [2.75, 3.05) is 18.3 Å². The van der Waals surface area contributed by atoms with Crippen LogP contribution in [0, 0.1) is 0 Å². The third-order valence-electron chi connectivity index (χ3n) is 3.23. The van der Waals surface area contributed by atoms with Crippen molar-refractivity contribution in [2.45, 2.75) is 44.9 Å². The first-order valence-corrected chi connectivity index (χ1v) is 8.92. The van der Waals surface area contributed by atoms with Crippen LogP contribution in [-0.2, 0) is 16.0 Å². The van der Waals surface area contributed by atoms with Crippen molar-refractivity contribution in [3.8, 4) is 0 Å². The molecule has 4 heteroatoms. The van der Waals surface area contributed by atoms with Crippen molar-refractivity contribution in [3.05, 3.63) is 35.9 Å². The van der Waals surface area contributed by atoms with E-state index in [2.05, 4.69) is 24.3 Å². The molecule has 0 aromatic heterocycles. The first-order chi connectivity index (χ1) is 10.3. The lowest BCUT2D eigenvalue weighted by Gasteiger charge is -2.04. The minimum atomic E-state index is -0.187. The standard InChI is InChI=1S/C17H27NO2S/c18-17(19)12-6-1-2-7-14-21-15-20-13-8-11-16-9-4-3-5-10-16/h3-5,9-10H,1-2,6-8,11-15H2,(H2,18,19). The van der Waals surface area contributed by atoms with Crippen LogP contribution in [0.4, 0.5) is 0 Å². The monoisotopic (exact) mass is 309 g/mol. The number of rotatable bonds is 13. The molecule has 1 amide bonds. The van der Waals surface area contributed by atoms with Gasteiger partial charge in [-0.15, -0.1) is 11.8 Å². The fourth-order valence-electron chi connectivity index (χ4n) is 2.06. The largest absolute Gasteiger partial charge is 0.371 e. The zero-order valence-corrected chi connectivity index (χ0v) is 13.6. The van der Waals surface area contributed by atoms with Crippen molar-refractivity contribution >= 4 is 17.7 Å². The lowest BCUT2D eigenvalue weighted by Crippen LogP contribution is -2.09. The van der Waals surface area contributed by atoms with Gasteiger partial charge in [-0.25, -0.2) is 0 Å². The maximum atomic E-state index is 10.6. The van der Waals surface area contributed by atoms with E-state index in [1.54, 1.807) is 0 Å². The van der Waals surface area contributed by atoms with Crippen LogP contribution in [0.25, 0.3) is 0 Å². The lowest BCUT2D eigenvalue weighted by atomic mass is 10.1. The number of thioether (sulfide) groups is 1. The Kier molecular flexibility index (Phi) is 10.9. The first-order valence-electron chi connectivity index (χ1n) is 7.77. The maximum absolute atomic E-state index is 10.6.